The van der Waals surface area contributed by atoms with Gasteiger partial charge < -0.3 is 4.74 Å². The Bertz CT molecular complexity index is 1000. The van der Waals surface area contributed by atoms with Crippen molar-refractivity contribution in [2.75, 3.05) is 12.2 Å². The highest BCUT2D eigenvalue weighted by atomic mass is 16.7. The normalized spacial score (nSPS) is 22.6. The summed E-state index contributed by atoms with van der Waals surface area (Å²) < 4.78 is 5.08. The number of methoxy groups -OCH3 is 1. The lowest BCUT2D eigenvalue weighted by Crippen LogP contribution is -2.29. The third-order valence-corrected chi connectivity index (χ3v) is 5.48. The Balaban J connectivity index is 1.75. The van der Waals surface area contributed by atoms with E-state index in [0.717, 1.165) is 22.4 Å². The van der Waals surface area contributed by atoms with Gasteiger partial charge in [-0.2, -0.15) is 0 Å². The molecule has 134 valence electrons. The summed E-state index contributed by atoms with van der Waals surface area (Å²) in [5, 5.41) is 1.88. The van der Waals surface area contributed by atoms with E-state index in [2.05, 4.69) is 30.3 Å². The van der Waals surface area contributed by atoms with E-state index in [1.54, 1.807) is 0 Å². The zero-order valence-corrected chi connectivity index (χ0v) is 14.9. The Hall–Kier alpha value is -3.11. The van der Waals surface area contributed by atoms with Crippen LogP contribution in [0.3, 0.4) is 0 Å². The summed E-state index contributed by atoms with van der Waals surface area (Å²) in [4.78, 5) is 18.8. The zero-order chi connectivity index (χ0) is 18.4. The van der Waals surface area contributed by atoms with Gasteiger partial charge in [0.2, 0.25) is 0 Å². The molecule has 3 aromatic carbocycles. The van der Waals surface area contributed by atoms with Gasteiger partial charge >= 0.3 is 5.97 Å². The van der Waals surface area contributed by atoms with Crippen LogP contribution in [-0.2, 0) is 14.4 Å². The molecule has 2 aliphatic rings. The number of anilines is 1. The highest BCUT2D eigenvalue weighted by Gasteiger charge is 2.52. The highest BCUT2D eigenvalue weighted by molar-refractivity contribution is 5.83. The van der Waals surface area contributed by atoms with Gasteiger partial charge in [-0.1, -0.05) is 66.7 Å². The van der Waals surface area contributed by atoms with Gasteiger partial charge in [0.05, 0.1) is 24.8 Å². The predicted octanol–water partition coefficient (Wildman–Crippen LogP) is 4.49. The molecule has 0 bridgehead atoms. The molecular weight excluding hydrogens is 338 g/mol. The number of benzene rings is 3. The first-order chi connectivity index (χ1) is 13.3. The number of fused-ring (bicyclic) bond motifs is 6. The van der Waals surface area contributed by atoms with Crippen LogP contribution in [-0.4, -0.2) is 19.2 Å². The lowest BCUT2D eigenvalue weighted by molar-refractivity contribution is -0.152. The van der Waals surface area contributed by atoms with Crippen molar-refractivity contribution >= 4 is 11.7 Å². The minimum atomic E-state index is -0.685. The molecular formula is C23H19NO3. The number of esters is 1. The van der Waals surface area contributed by atoms with Crippen molar-refractivity contribution in [1.29, 1.82) is 0 Å². The van der Waals surface area contributed by atoms with Crippen LogP contribution in [0.15, 0.2) is 78.9 Å². The molecule has 4 heteroatoms. The molecule has 0 aromatic heterocycles. The topological polar surface area (TPSA) is 38.8 Å². The molecule has 0 saturated carbocycles. The van der Waals surface area contributed by atoms with Crippen molar-refractivity contribution in [3.63, 3.8) is 0 Å². The molecule has 3 aromatic rings. The lowest BCUT2D eigenvalue weighted by Gasteiger charge is -2.34. The molecule has 4 nitrogen and oxygen atoms in total. The fourth-order valence-electron chi connectivity index (χ4n) is 4.35. The first kappa shape index (κ1) is 16.1. The predicted molar refractivity (Wildman–Crippen MR) is 103 cm³/mol. The molecule has 3 atom stereocenters. The van der Waals surface area contributed by atoms with E-state index in [4.69, 9.17) is 9.57 Å². The fraction of sp³-hybridized carbons (Fsp3) is 0.174. The van der Waals surface area contributed by atoms with Gasteiger partial charge in [-0.25, -0.2) is 9.86 Å². The summed E-state index contributed by atoms with van der Waals surface area (Å²) in [7, 11) is 1.41. The Kier molecular flexibility index (Phi) is 3.73. The Labute approximate surface area is 157 Å². The van der Waals surface area contributed by atoms with Crippen LogP contribution in [0, 0.1) is 0 Å². The number of ether oxygens (including phenoxy) is 1. The Morgan fingerprint density at radius 3 is 2.15 bits per heavy atom. The van der Waals surface area contributed by atoms with Gasteiger partial charge in [-0.3, -0.25) is 4.84 Å². The Morgan fingerprint density at radius 2 is 1.44 bits per heavy atom. The molecule has 1 heterocycles. The second kappa shape index (κ2) is 6.25. The van der Waals surface area contributed by atoms with Gasteiger partial charge in [0, 0.05) is 0 Å². The van der Waals surface area contributed by atoms with Gasteiger partial charge in [-0.05, 0) is 34.4 Å². The monoisotopic (exact) mass is 357 g/mol. The minimum Gasteiger partial charge on any atom is -0.467 e. The van der Waals surface area contributed by atoms with Crippen LogP contribution in [0.4, 0.5) is 5.69 Å². The van der Waals surface area contributed by atoms with Crippen molar-refractivity contribution in [3.05, 3.63) is 90.0 Å². The van der Waals surface area contributed by atoms with Crippen LogP contribution < -0.4 is 5.06 Å². The van der Waals surface area contributed by atoms with Crippen molar-refractivity contribution < 1.29 is 14.4 Å². The number of hydroxylamine groups is 1. The summed E-state index contributed by atoms with van der Waals surface area (Å²) in [5.74, 6) is -0.485. The third kappa shape index (κ3) is 2.37. The van der Waals surface area contributed by atoms with Gasteiger partial charge in [0.25, 0.3) is 0 Å². The summed E-state index contributed by atoms with van der Waals surface area (Å²) in [6.07, 6.45) is -0.685. The van der Waals surface area contributed by atoms with Crippen molar-refractivity contribution in [1.82, 2.24) is 0 Å². The number of hydrogen-bond donors (Lipinski definition) is 0. The van der Waals surface area contributed by atoms with Gasteiger partial charge in [0.15, 0.2) is 6.10 Å². The molecule has 1 aliphatic carbocycles. The Morgan fingerprint density at radius 1 is 0.852 bits per heavy atom. The van der Waals surface area contributed by atoms with E-state index >= 15 is 0 Å². The maximum atomic E-state index is 12.6. The molecule has 0 radical (unpaired) electrons. The van der Waals surface area contributed by atoms with Crippen LogP contribution in [0.1, 0.15) is 23.1 Å². The quantitative estimate of drug-likeness (QED) is 0.634. The summed E-state index contributed by atoms with van der Waals surface area (Å²) in [6, 6.07) is 26.4. The summed E-state index contributed by atoms with van der Waals surface area (Å²) >= 11 is 0. The van der Waals surface area contributed by atoms with Crippen LogP contribution >= 0.6 is 0 Å². The van der Waals surface area contributed by atoms with Crippen molar-refractivity contribution in [3.8, 4) is 11.1 Å². The average Bonchev–Trinajstić information content (AvgIpc) is 3.15. The first-order valence-electron chi connectivity index (χ1n) is 9.06. The number of hydrogen-bond acceptors (Lipinski definition) is 4. The van der Waals surface area contributed by atoms with Crippen LogP contribution in [0.2, 0.25) is 0 Å². The number of nitrogens with zero attached hydrogens (tertiary/aromatic N) is 1. The molecule has 0 N–H and O–H groups in total. The van der Waals surface area contributed by atoms with E-state index in [1.807, 2.05) is 53.6 Å². The molecule has 1 aliphatic heterocycles. The molecule has 1 saturated heterocycles. The van der Waals surface area contributed by atoms with Crippen molar-refractivity contribution in [2.24, 2.45) is 0 Å². The van der Waals surface area contributed by atoms with Crippen LogP contribution in [0.25, 0.3) is 11.1 Å². The zero-order valence-electron chi connectivity index (χ0n) is 14.9. The van der Waals surface area contributed by atoms with E-state index in [9.17, 15) is 4.79 Å². The maximum Gasteiger partial charge on any atom is 0.338 e. The third-order valence-electron chi connectivity index (χ3n) is 5.48. The average molecular weight is 357 g/mol. The van der Waals surface area contributed by atoms with Gasteiger partial charge in [-0.15, -0.1) is 0 Å². The number of rotatable bonds is 2. The van der Waals surface area contributed by atoms with Crippen LogP contribution in [0.5, 0.6) is 0 Å². The largest absolute Gasteiger partial charge is 0.467 e. The van der Waals surface area contributed by atoms with E-state index in [-0.39, 0.29) is 17.9 Å². The SMILES string of the molecule is COC(=O)[C@@H]1ON(c2ccccc2)[C@H]2c3ccccc3-c3ccccc3[C@@H]12. The number of carbonyl (C=O) groups excluding carboxylic acids is 1. The van der Waals surface area contributed by atoms with Crippen molar-refractivity contribution in [2.45, 2.75) is 18.1 Å². The van der Waals surface area contributed by atoms with E-state index in [1.165, 1.54) is 12.7 Å². The molecule has 0 unspecified atom stereocenters. The smallest absolute Gasteiger partial charge is 0.338 e. The number of carbonyl (C=O) groups is 1. The lowest BCUT2D eigenvalue weighted by atomic mass is 9.73. The van der Waals surface area contributed by atoms with E-state index in [0.29, 0.717) is 0 Å². The molecule has 5 rings (SSSR count). The fourth-order valence-corrected chi connectivity index (χ4v) is 4.35. The molecule has 0 amide bonds. The molecule has 0 spiro atoms. The second-order valence-electron chi connectivity index (χ2n) is 6.86. The maximum absolute atomic E-state index is 12.6. The number of para-hydroxylation sites is 1. The van der Waals surface area contributed by atoms with Gasteiger partial charge in [0.1, 0.15) is 0 Å². The minimum absolute atomic E-state index is 0.0948. The summed E-state index contributed by atoms with van der Waals surface area (Å²) in [6.45, 7) is 0. The first-order valence-corrected chi connectivity index (χ1v) is 9.06. The second-order valence-corrected chi connectivity index (χ2v) is 6.86. The van der Waals surface area contributed by atoms with E-state index < -0.39 is 6.10 Å². The molecule has 27 heavy (non-hydrogen) atoms. The molecule has 1 fully saturated rings. The summed E-state index contributed by atoms with van der Waals surface area (Å²) in [5.41, 5.74) is 5.55. The standard InChI is InChI=1S/C23H19NO3/c1-26-23(25)22-20-18-13-7-5-11-16(18)17-12-6-8-14-19(17)21(20)24(27-22)15-9-3-2-4-10-15/h2-14,20-22H,1H3/t20-,21+,22-/m1/s1. The highest BCUT2D eigenvalue weighted by Crippen LogP contribution is 2.55.